The van der Waals surface area contributed by atoms with Crippen molar-refractivity contribution in [2.24, 2.45) is 7.05 Å². The van der Waals surface area contributed by atoms with Gasteiger partial charge < -0.3 is 10.1 Å². The molecular weight excluding hydrogens is 306 g/mol. The van der Waals surface area contributed by atoms with Crippen LogP contribution in [-0.2, 0) is 24.8 Å². The summed E-state index contributed by atoms with van der Waals surface area (Å²) < 4.78 is 9.11. The van der Waals surface area contributed by atoms with Gasteiger partial charge >= 0.3 is 0 Å². The van der Waals surface area contributed by atoms with Gasteiger partial charge in [0.1, 0.15) is 0 Å². The number of halogens is 1. The Morgan fingerprint density at radius 3 is 2.58 bits per heavy atom. The third kappa shape index (κ3) is 3.58. The van der Waals surface area contributed by atoms with Crippen molar-refractivity contribution in [3.63, 3.8) is 0 Å². The molecule has 0 radical (unpaired) electrons. The Morgan fingerprint density at radius 1 is 1.37 bits per heavy atom. The van der Waals surface area contributed by atoms with E-state index in [1.807, 2.05) is 18.8 Å². The molecule has 0 bridgehead atoms. The quantitative estimate of drug-likeness (QED) is 0.902. The molecule has 2 rings (SSSR count). The second kappa shape index (κ2) is 6.86. The van der Waals surface area contributed by atoms with Crippen LogP contribution >= 0.6 is 15.9 Å². The van der Waals surface area contributed by atoms with E-state index in [-0.39, 0.29) is 0 Å². The molecule has 19 heavy (non-hydrogen) atoms. The zero-order valence-corrected chi connectivity index (χ0v) is 13.7. The maximum absolute atomic E-state index is 6.06. The van der Waals surface area contributed by atoms with E-state index in [2.05, 4.69) is 33.3 Å². The van der Waals surface area contributed by atoms with Crippen LogP contribution in [0.5, 0.6) is 0 Å². The second-order valence-corrected chi connectivity index (χ2v) is 6.05. The molecule has 0 saturated heterocycles. The highest BCUT2D eigenvalue weighted by molar-refractivity contribution is 9.10. The van der Waals surface area contributed by atoms with Gasteiger partial charge in [0.2, 0.25) is 0 Å². The average molecular weight is 330 g/mol. The number of ether oxygens (including phenoxy) is 1. The van der Waals surface area contributed by atoms with Gasteiger partial charge in [-0.2, -0.15) is 5.10 Å². The lowest BCUT2D eigenvalue weighted by molar-refractivity contribution is 0.00875. The Balaban J connectivity index is 1.88. The number of nitrogens with zero attached hydrogens (tertiary/aromatic N) is 2. The molecular formula is C14H24BrN3O. The van der Waals surface area contributed by atoms with Gasteiger partial charge in [0.25, 0.3) is 0 Å². The first-order chi connectivity index (χ1) is 9.15. The highest BCUT2D eigenvalue weighted by atomic mass is 79.9. The molecule has 0 spiro atoms. The standard InChI is InChI=1S/C14H24BrN3O/c1-4-12-14(15)13(18(3)17-12)9-19-11-7-5-10(16-2)6-8-11/h10-11,16H,4-9H2,1-3H3. The van der Waals surface area contributed by atoms with E-state index in [9.17, 15) is 0 Å². The summed E-state index contributed by atoms with van der Waals surface area (Å²) in [6.07, 6.45) is 6.09. The van der Waals surface area contributed by atoms with Gasteiger partial charge in [0.05, 0.1) is 28.6 Å². The summed E-state index contributed by atoms with van der Waals surface area (Å²) in [6.45, 7) is 2.77. The second-order valence-electron chi connectivity index (χ2n) is 5.26. The van der Waals surface area contributed by atoms with E-state index in [1.165, 1.54) is 12.8 Å². The average Bonchev–Trinajstić information content (AvgIpc) is 2.72. The molecule has 1 saturated carbocycles. The van der Waals surface area contributed by atoms with Crippen LogP contribution in [0.2, 0.25) is 0 Å². The molecule has 0 unspecified atom stereocenters. The van der Waals surface area contributed by atoms with Crippen molar-refractivity contribution in [1.29, 1.82) is 0 Å². The van der Waals surface area contributed by atoms with Crippen molar-refractivity contribution in [3.05, 3.63) is 15.9 Å². The first-order valence-corrected chi connectivity index (χ1v) is 7.94. The molecule has 1 aromatic heterocycles. The third-order valence-corrected chi connectivity index (χ3v) is 4.96. The van der Waals surface area contributed by atoms with Crippen LogP contribution in [0, 0.1) is 0 Å². The lowest BCUT2D eigenvalue weighted by Gasteiger charge is -2.28. The Labute approximate surface area is 124 Å². The SMILES string of the molecule is CCc1nn(C)c(COC2CCC(NC)CC2)c1Br. The number of hydrogen-bond acceptors (Lipinski definition) is 3. The Morgan fingerprint density at radius 2 is 2.05 bits per heavy atom. The fourth-order valence-corrected chi connectivity index (χ4v) is 3.42. The van der Waals surface area contributed by atoms with Gasteiger partial charge in [-0.25, -0.2) is 0 Å². The Hall–Kier alpha value is -0.390. The topological polar surface area (TPSA) is 39.1 Å². The monoisotopic (exact) mass is 329 g/mol. The van der Waals surface area contributed by atoms with E-state index >= 15 is 0 Å². The van der Waals surface area contributed by atoms with Crippen LogP contribution in [0.1, 0.15) is 44.0 Å². The van der Waals surface area contributed by atoms with Gasteiger partial charge in [-0.05, 0) is 55.1 Å². The number of aryl methyl sites for hydroxylation is 2. The maximum atomic E-state index is 6.06. The molecule has 0 aliphatic heterocycles. The van der Waals surface area contributed by atoms with Crippen molar-refractivity contribution < 1.29 is 4.74 Å². The van der Waals surface area contributed by atoms with Gasteiger partial charge in [0, 0.05) is 13.1 Å². The minimum atomic E-state index is 0.400. The molecule has 4 nitrogen and oxygen atoms in total. The first-order valence-electron chi connectivity index (χ1n) is 7.14. The zero-order chi connectivity index (χ0) is 13.8. The molecule has 1 fully saturated rings. The smallest absolute Gasteiger partial charge is 0.0900 e. The van der Waals surface area contributed by atoms with Crippen LogP contribution in [0.3, 0.4) is 0 Å². The summed E-state index contributed by atoms with van der Waals surface area (Å²) in [4.78, 5) is 0. The highest BCUT2D eigenvalue weighted by Crippen LogP contribution is 2.25. The summed E-state index contributed by atoms with van der Waals surface area (Å²) in [5, 5.41) is 7.85. The van der Waals surface area contributed by atoms with Crippen molar-refractivity contribution in [2.75, 3.05) is 7.05 Å². The minimum absolute atomic E-state index is 0.400. The fraction of sp³-hybridized carbons (Fsp3) is 0.786. The molecule has 1 heterocycles. The van der Waals surface area contributed by atoms with Gasteiger partial charge in [-0.3, -0.25) is 4.68 Å². The van der Waals surface area contributed by atoms with Crippen LogP contribution in [-0.4, -0.2) is 29.0 Å². The third-order valence-electron chi connectivity index (χ3n) is 4.04. The van der Waals surface area contributed by atoms with Crippen LogP contribution < -0.4 is 5.32 Å². The summed E-state index contributed by atoms with van der Waals surface area (Å²) in [7, 11) is 4.03. The molecule has 1 N–H and O–H groups in total. The molecule has 1 aliphatic rings. The molecule has 5 heteroatoms. The lowest BCUT2D eigenvalue weighted by atomic mass is 9.93. The number of nitrogens with one attached hydrogen (secondary N) is 1. The number of aromatic nitrogens is 2. The van der Waals surface area contributed by atoms with Crippen LogP contribution in [0.4, 0.5) is 0 Å². The maximum Gasteiger partial charge on any atom is 0.0900 e. The molecule has 0 aromatic carbocycles. The summed E-state index contributed by atoms with van der Waals surface area (Å²) in [5.41, 5.74) is 2.26. The molecule has 1 aromatic rings. The molecule has 108 valence electrons. The van der Waals surface area contributed by atoms with Crippen molar-refractivity contribution >= 4 is 15.9 Å². The van der Waals surface area contributed by atoms with E-state index in [1.54, 1.807) is 0 Å². The van der Waals surface area contributed by atoms with E-state index in [0.717, 1.165) is 35.1 Å². The molecule has 0 atom stereocenters. The predicted molar refractivity (Wildman–Crippen MR) is 80.2 cm³/mol. The zero-order valence-electron chi connectivity index (χ0n) is 12.1. The normalized spacial score (nSPS) is 23.8. The fourth-order valence-electron chi connectivity index (χ4n) is 2.69. The minimum Gasteiger partial charge on any atom is -0.372 e. The lowest BCUT2D eigenvalue weighted by Crippen LogP contribution is -2.33. The van der Waals surface area contributed by atoms with Crippen molar-refractivity contribution in [2.45, 2.75) is 57.8 Å². The Kier molecular flexibility index (Phi) is 5.42. The summed E-state index contributed by atoms with van der Waals surface area (Å²) >= 11 is 3.63. The van der Waals surface area contributed by atoms with E-state index < -0.39 is 0 Å². The first kappa shape index (κ1) is 15.0. The van der Waals surface area contributed by atoms with E-state index in [4.69, 9.17) is 4.74 Å². The highest BCUT2D eigenvalue weighted by Gasteiger charge is 2.21. The predicted octanol–water partition coefficient (Wildman–Crippen LogP) is 2.79. The Bertz CT molecular complexity index is 411. The van der Waals surface area contributed by atoms with Crippen molar-refractivity contribution in [1.82, 2.24) is 15.1 Å². The largest absolute Gasteiger partial charge is 0.372 e. The van der Waals surface area contributed by atoms with Crippen LogP contribution in [0.25, 0.3) is 0 Å². The van der Waals surface area contributed by atoms with Crippen LogP contribution in [0.15, 0.2) is 4.47 Å². The number of rotatable bonds is 5. The van der Waals surface area contributed by atoms with Gasteiger partial charge in [-0.1, -0.05) is 6.92 Å². The molecule has 1 aliphatic carbocycles. The summed E-state index contributed by atoms with van der Waals surface area (Å²) in [6, 6.07) is 0.676. The molecule has 0 amide bonds. The summed E-state index contributed by atoms with van der Waals surface area (Å²) in [5.74, 6) is 0. The number of hydrogen-bond donors (Lipinski definition) is 1. The van der Waals surface area contributed by atoms with Crippen molar-refractivity contribution in [3.8, 4) is 0 Å². The van der Waals surface area contributed by atoms with Gasteiger partial charge in [-0.15, -0.1) is 0 Å². The van der Waals surface area contributed by atoms with Gasteiger partial charge in [0.15, 0.2) is 0 Å². The van der Waals surface area contributed by atoms with E-state index in [0.29, 0.717) is 18.8 Å².